The largest absolute Gasteiger partial charge is 0.507 e. The number of amides is 1. The third-order valence-electron chi connectivity index (χ3n) is 5.77. The number of hydrogen-bond donors (Lipinski definition) is 2. The molecule has 1 fully saturated rings. The van der Waals surface area contributed by atoms with Gasteiger partial charge in [-0.05, 0) is 55.3 Å². The summed E-state index contributed by atoms with van der Waals surface area (Å²) >= 11 is 0. The Bertz CT molecular complexity index is 1340. The van der Waals surface area contributed by atoms with E-state index >= 15 is 0 Å². The van der Waals surface area contributed by atoms with Crippen LogP contribution >= 0.6 is 0 Å². The number of halogens is 1. The lowest BCUT2D eigenvalue weighted by atomic mass is 10.1. The van der Waals surface area contributed by atoms with Gasteiger partial charge in [0.2, 0.25) is 0 Å². The minimum absolute atomic E-state index is 0. The van der Waals surface area contributed by atoms with E-state index < -0.39 is 5.82 Å². The van der Waals surface area contributed by atoms with Crippen LogP contribution in [0, 0.1) is 12.7 Å². The van der Waals surface area contributed by atoms with Gasteiger partial charge in [-0.15, -0.1) is 0 Å². The van der Waals surface area contributed by atoms with Crippen molar-refractivity contribution in [2.45, 2.75) is 19.4 Å². The number of benzene rings is 2. The highest BCUT2D eigenvalue weighted by Crippen LogP contribution is 2.34. The summed E-state index contributed by atoms with van der Waals surface area (Å²) in [5.41, 5.74) is 2.02. The number of phenolic OH excluding ortho intramolecular Hbond substituents is 1. The first-order chi connectivity index (χ1) is 16.0. The molecule has 8 heteroatoms. The summed E-state index contributed by atoms with van der Waals surface area (Å²) < 4.78 is 14.6. The second kappa shape index (κ2) is 8.46. The van der Waals surface area contributed by atoms with Gasteiger partial charge in [0.25, 0.3) is 5.91 Å². The van der Waals surface area contributed by atoms with E-state index in [9.17, 15) is 14.3 Å². The lowest BCUT2D eigenvalue weighted by Gasteiger charge is -2.21. The molecule has 2 N–H and O–H groups in total. The Labute approximate surface area is 194 Å². The van der Waals surface area contributed by atoms with Gasteiger partial charge in [0.05, 0.1) is 11.1 Å². The van der Waals surface area contributed by atoms with Crippen LogP contribution in [-0.4, -0.2) is 45.1 Å². The normalized spacial score (nSPS) is 15.7. The molecule has 7 nitrogen and oxygen atoms in total. The van der Waals surface area contributed by atoms with Gasteiger partial charge in [0.1, 0.15) is 23.1 Å². The van der Waals surface area contributed by atoms with E-state index in [1.165, 1.54) is 18.2 Å². The van der Waals surface area contributed by atoms with Gasteiger partial charge in [-0.3, -0.25) is 9.78 Å². The topological polar surface area (TPSA) is 91.2 Å². The Balaban J connectivity index is 0.00000152. The Morgan fingerprint density at radius 3 is 2.85 bits per heavy atom. The number of anilines is 1. The quantitative estimate of drug-likeness (QED) is 0.473. The lowest BCUT2D eigenvalue weighted by molar-refractivity contribution is 0.0935. The molecule has 3 heterocycles. The molecule has 172 valence electrons. The second-order valence-electron chi connectivity index (χ2n) is 8.15. The number of nitrogens with zero attached hydrogens (tertiary/aromatic N) is 4. The van der Waals surface area contributed by atoms with E-state index in [0.29, 0.717) is 30.1 Å². The molecule has 33 heavy (non-hydrogen) atoms. The zero-order valence-corrected chi connectivity index (χ0v) is 18.0. The van der Waals surface area contributed by atoms with Crippen LogP contribution in [0.4, 0.5) is 10.2 Å². The van der Waals surface area contributed by atoms with Crippen LogP contribution in [0.1, 0.15) is 26.8 Å². The Morgan fingerprint density at radius 1 is 1.18 bits per heavy atom. The number of rotatable bonds is 4. The predicted molar refractivity (Wildman–Crippen MR) is 130 cm³/mol. The first kappa shape index (κ1) is 20.8. The Morgan fingerprint density at radius 2 is 2.06 bits per heavy atom. The molecule has 1 amide bonds. The second-order valence-corrected chi connectivity index (χ2v) is 8.15. The van der Waals surface area contributed by atoms with E-state index in [-0.39, 0.29) is 33.4 Å². The highest BCUT2D eigenvalue weighted by molar-refractivity contribution is 5.93. The van der Waals surface area contributed by atoms with Gasteiger partial charge in [0.15, 0.2) is 5.82 Å². The molecule has 0 bridgehead atoms. The minimum Gasteiger partial charge on any atom is -0.507 e. The summed E-state index contributed by atoms with van der Waals surface area (Å²) in [6.07, 6.45) is 2.32. The van der Waals surface area contributed by atoms with Crippen molar-refractivity contribution in [1.82, 2.24) is 20.3 Å². The van der Waals surface area contributed by atoms with Crippen molar-refractivity contribution < 1.29 is 18.6 Å². The average Bonchev–Trinajstić information content (AvgIpc) is 3.27. The van der Waals surface area contributed by atoms with Gasteiger partial charge >= 0.3 is 0 Å². The fraction of sp³-hybridized carbons (Fsp3) is 0.200. The highest BCUT2D eigenvalue weighted by atomic mass is 19.1. The monoisotopic (exact) mass is 449 g/mol. The molecule has 4 aromatic rings. The van der Waals surface area contributed by atoms with Gasteiger partial charge in [-0.1, -0.05) is 18.2 Å². The zero-order chi connectivity index (χ0) is 22.9. The molecule has 5 rings (SSSR count). The number of aromatic hydroxyl groups is 1. The summed E-state index contributed by atoms with van der Waals surface area (Å²) in [6.45, 7) is 3.16. The van der Waals surface area contributed by atoms with E-state index in [4.69, 9.17) is 0 Å². The van der Waals surface area contributed by atoms with Gasteiger partial charge in [-0.2, -0.15) is 0 Å². The van der Waals surface area contributed by atoms with E-state index in [1.807, 2.05) is 25.1 Å². The zero-order valence-electron chi connectivity index (χ0n) is 18.0. The maximum atomic E-state index is 14.6. The predicted octanol–water partition coefficient (Wildman–Crippen LogP) is 4.59. The standard InChI is InChI=1S/C25H22FN5O2.3H2/c1-15-8-9-17-20(13-15)29-23(22-18(26)5-4-7-21(22)32)30-24(17)31-12-10-16(14-31)28-25(33)19-6-2-3-11-27-19;;;/h2-9,11,13,16,32H,10,12,14H2,1H3,(H,28,33);3*1H/t16-;;;/m1.../s1. The number of nitrogens with one attached hydrogen (secondary N) is 1. The third kappa shape index (κ3) is 4.07. The number of aromatic nitrogens is 3. The van der Waals surface area contributed by atoms with Crippen molar-refractivity contribution in [2.24, 2.45) is 0 Å². The lowest BCUT2D eigenvalue weighted by Crippen LogP contribution is -2.37. The van der Waals surface area contributed by atoms with E-state index in [1.54, 1.807) is 24.4 Å². The SMILES string of the molecule is Cc1ccc2c(N3CC[C@@H](NC(=O)c4ccccn4)C3)nc(-c3c(O)cccc3F)nc2c1.[HH].[HH].[HH]. The van der Waals surface area contributed by atoms with Crippen LogP contribution in [0.25, 0.3) is 22.3 Å². The molecule has 0 unspecified atom stereocenters. The molecule has 2 aromatic heterocycles. The van der Waals surface area contributed by atoms with Crippen LogP contribution in [0.5, 0.6) is 5.75 Å². The fourth-order valence-electron chi connectivity index (χ4n) is 4.14. The number of carbonyl (C=O) groups is 1. The number of pyridine rings is 1. The molecule has 1 atom stereocenters. The fourth-order valence-corrected chi connectivity index (χ4v) is 4.14. The van der Waals surface area contributed by atoms with Crippen LogP contribution in [0.2, 0.25) is 0 Å². The van der Waals surface area contributed by atoms with Crippen molar-refractivity contribution >= 4 is 22.6 Å². The van der Waals surface area contributed by atoms with Crippen molar-refractivity contribution in [1.29, 1.82) is 0 Å². The van der Waals surface area contributed by atoms with Crippen LogP contribution in [0.3, 0.4) is 0 Å². The van der Waals surface area contributed by atoms with Crippen molar-refractivity contribution in [3.8, 4) is 17.1 Å². The number of hydrogen-bond acceptors (Lipinski definition) is 6. The maximum Gasteiger partial charge on any atom is 0.270 e. The first-order valence-corrected chi connectivity index (χ1v) is 10.7. The van der Waals surface area contributed by atoms with E-state index in [2.05, 4.69) is 25.2 Å². The van der Waals surface area contributed by atoms with Crippen molar-refractivity contribution in [3.63, 3.8) is 0 Å². The van der Waals surface area contributed by atoms with E-state index in [0.717, 1.165) is 17.4 Å². The number of fused-ring (bicyclic) bond motifs is 1. The molecule has 0 spiro atoms. The summed E-state index contributed by atoms with van der Waals surface area (Å²) in [7, 11) is 0. The highest BCUT2D eigenvalue weighted by Gasteiger charge is 2.28. The van der Waals surface area contributed by atoms with Crippen molar-refractivity contribution in [3.05, 3.63) is 77.9 Å². The smallest absolute Gasteiger partial charge is 0.270 e. The summed E-state index contributed by atoms with van der Waals surface area (Å²) in [5, 5.41) is 14.2. The molecule has 0 saturated carbocycles. The molecular weight excluding hydrogens is 421 g/mol. The molecule has 1 aliphatic rings. The summed E-state index contributed by atoms with van der Waals surface area (Å²) in [4.78, 5) is 27.9. The Kier molecular flexibility index (Phi) is 5.34. The molecule has 0 aliphatic carbocycles. The van der Waals surface area contributed by atoms with Crippen molar-refractivity contribution in [2.75, 3.05) is 18.0 Å². The van der Waals surface area contributed by atoms with Crippen LogP contribution in [-0.2, 0) is 0 Å². The number of aryl methyl sites for hydroxylation is 1. The minimum atomic E-state index is -0.588. The molecular formula is C25H28FN5O2. The van der Waals surface area contributed by atoms with Crippen LogP contribution in [0.15, 0.2) is 60.8 Å². The number of carbonyl (C=O) groups excluding carboxylic acids is 1. The number of phenols is 1. The molecule has 1 saturated heterocycles. The van der Waals surface area contributed by atoms with Gasteiger partial charge < -0.3 is 15.3 Å². The molecule has 2 aromatic carbocycles. The summed E-state index contributed by atoms with van der Waals surface area (Å²) in [6, 6.07) is 15.1. The molecule has 1 aliphatic heterocycles. The first-order valence-electron chi connectivity index (χ1n) is 10.7. The average molecular weight is 450 g/mol. The third-order valence-corrected chi connectivity index (χ3v) is 5.77. The van der Waals surface area contributed by atoms with Crippen LogP contribution < -0.4 is 10.2 Å². The maximum absolute atomic E-state index is 14.6. The van der Waals surface area contributed by atoms with Gasteiger partial charge in [0, 0.05) is 35.0 Å². The Hall–Kier alpha value is -4.07. The summed E-state index contributed by atoms with van der Waals surface area (Å²) in [5.74, 6) is -0.251. The molecule has 0 radical (unpaired) electrons. The van der Waals surface area contributed by atoms with Gasteiger partial charge in [-0.25, -0.2) is 14.4 Å².